The number of rotatable bonds is 1. The lowest BCUT2D eigenvalue weighted by Crippen LogP contribution is -2.69. The predicted octanol–water partition coefficient (Wildman–Crippen LogP) is 2.43. The van der Waals surface area contributed by atoms with Crippen LogP contribution in [-0.2, 0) is 9.67 Å². The number of carbonyl (C=O) groups is 1. The van der Waals surface area contributed by atoms with Crippen LogP contribution in [0.3, 0.4) is 0 Å². The molecule has 2 heterocycles. The molecule has 2 aliphatic rings. The number of amides is 1. The van der Waals surface area contributed by atoms with E-state index in [9.17, 15) is 4.79 Å². The molecule has 2 saturated heterocycles. The lowest BCUT2D eigenvalue weighted by atomic mass is 9.91. The van der Waals surface area contributed by atoms with E-state index in [0.29, 0.717) is 0 Å². The molecule has 16 heavy (non-hydrogen) atoms. The van der Waals surface area contributed by atoms with Gasteiger partial charge in [0.25, 0.3) is 0 Å². The van der Waals surface area contributed by atoms with E-state index < -0.39 is 5.38 Å². The van der Waals surface area contributed by atoms with Crippen LogP contribution in [0.2, 0.25) is 0 Å². The van der Waals surface area contributed by atoms with Crippen molar-refractivity contribution in [3.05, 3.63) is 35.9 Å². The van der Waals surface area contributed by atoms with Crippen LogP contribution in [0.15, 0.2) is 30.3 Å². The number of alkyl halides is 1. The van der Waals surface area contributed by atoms with Crippen molar-refractivity contribution in [2.24, 2.45) is 0 Å². The molecule has 0 saturated carbocycles. The number of thioether (sulfide) groups is 1. The number of hydrogen-bond donors (Lipinski definition) is 0. The topological polar surface area (TPSA) is 20.3 Å². The summed E-state index contributed by atoms with van der Waals surface area (Å²) in [5, 5.41) is -0.403. The van der Waals surface area contributed by atoms with Gasteiger partial charge in [0, 0.05) is 6.54 Å². The van der Waals surface area contributed by atoms with Gasteiger partial charge in [0.05, 0.1) is 0 Å². The number of carbonyl (C=O) groups excluding carboxylic acids is 1. The Morgan fingerprint density at radius 3 is 2.88 bits per heavy atom. The molecular weight excluding hydrogens is 242 g/mol. The second-order valence-corrected chi connectivity index (χ2v) is 5.87. The zero-order chi connectivity index (χ0) is 11.2. The van der Waals surface area contributed by atoms with E-state index >= 15 is 0 Å². The molecule has 1 amide bonds. The maximum absolute atomic E-state index is 11.8. The van der Waals surface area contributed by atoms with Gasteiger partial charge in [-0.05, 0) is 17.7 Å². The van der Waals surface area contributed by atoms with Crippen molar-refractivity contribution in [3.63, 3.8) is 0 Å². The fourth-order valence-electron chi connectivity index (χ4n) is 2.48. The molecule has 2 nitrogen and oxygen atoms in total. The summed E-state index contributed by atoms with van der Waals surface area (Å²) in [6.45, 7) is 0.837. The van der Waals surface area contributed by atoms with Gasteiger partial charge in [-0.3, -0.25) is 4.79 Å². The fraction of sp³-hybridized carbons (Fsp3) is 0.417. The van der Waals surface area contributed by atoms with Gasteiger partial charge in [-0.2, -0.15) is 0 Å². The molecule has 2 aliphatic heterocycles. The number of fused-ring (bicyclic) bond motifs is 1. The molecule has 2 unspecified atom stereocenters. The lowest BCUT2D eigenvalue weighted by Gasteiger charge is -2.57. The molecule has 2 fully saturated rings. The first-order valence-corrected chi connectivity index (χ1v) is 6.84. The zero-order valence-corrected chi connectivity index (χ0v) is 10.3. The Morgan fingerprint density at radius 1 is 1.38 bits per heavy atom. The van der Waals surface area contributed by atoms with Crippen LogP contribution in [0.1, 0.15) is 12.0 Å². The highest BCUT2D eigenvalue weighted by Gasteiger charge is 2.61. The molecule has 0 aliphatic carbocycles. The van der Waals surface area contributed by atoms with E-state index in [2.05, 4.69) is 12.1 Å². The molecule has 1 aromatic carbocycles. The minimum Gasteiger partial charge on any atom is -0.320 e. The highest BCUT2D eigenvalue weighted by atomic mass is 35.5. The van der Waals surface area contributed by atoms with E-state index in [4.69, 9.17) is 11.6 Å². The van der Waals surface area contributed by atoms with E-state index in [-0.39, 0.29) is 10.8 Å². The van der Waals surface area contributed by atoms with Crippen molar-refractivity contribution in [2.75, 3.05) is 12.3 Å². The Hall–Kier alpha value is -0.670. The molecule has 0 N–H and O–H groups in total. The van der Waals surface area contributed by atoms with Crippen molar-refractivity contribution in [1.29, 1.82) is 0 Å². The average Bonchev–Trinajstić information content (AvgIpc) is 2.38. The van der Waals surface area contributed by atoms with Crippen LogP contribution in [0.25, 0.3) is 0 Å². The number of hydrogen-bond acceptors (Lipinski definition) is 2. The maximum atomic E-state index is 11.8. The molecule has 3 rings (SSSR count). The second-order valence-electron chi connectivity index (χ2n) is 4.12. The summed E-state index contributed by atoms with van der Waals surface area (Å²) in [4.78, 5) is 13.4. The first-order valence-electron chi connectivity index (χ1n) is 5.42. The van der Waals surface area contributed by atoms with E-state index in [1.807, 2.05) is 23.1 Å². The number of β-lactam (4-membered cyclic amide) rings is 1. The van der Waals surface area contributed by atoms with E-state index in [0.717, 1.165) is 24.3 Å². The first kappa shape index (κ1) is 10.5. The maximum Gasteiger partial charge on any atom is 0.245 e. The number of nitrogens with zero attached hydrogens (tertiary/aromatic N) is 1. The molecule has 0 spiro atoms. The van der Waals surface area contributed by atoms with Gasteiger partial charge in [0.15, 0.2) is 0 Å². The van der Waals surface area contributed by atoms with Crippen LogP contribution in [0.4, 0.5) is 0 Å². The quantitative estimate of drug-likeness (QED) is 0.566. The van der Waals surface area contributed by atoms with Gasteiger partial charge in [-0.25, -0.2) is 0 Å². The molecule has 0 aromatic heterocycles. The highest BCUT2D eigenvalue weighted by molar-refractivity contribution is 8.00. The van der Waals surface area contributed by atoms with Gasteiger partial charge < -0.3 is 4.90 Å². The third-order valence-corrected chi connectivity index (χ3v) is 5.52. The molecule has 0 bridgehead atoms. The first-order chi connectivity index (χ1) is 7.77. The predicted molar refractivity (Wildman–Crippen MR) is 66.5 cm³/mol. The second kappa shape index (κ2) is 3.67. The van der Waals surface area contributed by atoms with Gasteiger partial charge >= 0.3 is 0 Å². The highest BCUT2D eigenvalue weighted by Crippen LogP contribution is 2.55. The summed E-state index contributed by atoms with van der Waals surface area (Å²) in [6.07, 6.45) is 1.06. The smallest absolute Gasteiger partial charge is 0.245 e. The van der Waals surface area contributed by atoms with Crippen LogP contribution in [0, 0.1) is 0 Å². The summed E-state index contributed by atoms with van der Waals surface area (Å²) in [5.74, 6) is 1.15. The summed E-state index contributed by atoms with van der Waals surface area (Å²) >= 11 is 8.05. The lowest BCUT2D eigenvalue weighted by molar-refractivity contribution is -0.148. The standard InChI is InChI=1S/C12H12ClNOS/c13-10-11(15)14-7-4-8-16-12(10,14)9-5-2-1-3-6-9/h1-3,5-6,10H,4,7-8H2. The third kappa shape index (κ3) is 1.19. The molecule has 0 radical (unpaired) electrons. The summed E-state index contributed by atoms with van der Waals surface area (Å²) in [6, 6.07) is 10.1. The van der Waals surface area contributed by atoms with Crippen molar-refractivity contribution in [3.8, 4) is 0 Å². The Bertz CT molecular complexity index is 424. The van der Waals surface area contributed by atoms with Gasteiger partial charge in [-0.1, -0.05) is 30.3 Å². The molecule has 1 aromatic rings. The van der Waals surface area contributed by atoms with Crippen LogP contribution < -0.4 is 0 Å². The number of halogens is 1. The van der Waals surface area contributed by atoms with Crippen molar-refractivity contribution in [2.45, 2.75) is 16.7 Å². The SMILES string of the molecule is O=C1C(Cl)C2(c3ccccc3)SCCCN12. The summed E-state index contributed by atoms with van der Waals surface area (Å²) < 4.78 is 0. The van der Waals surface area contributed by atoms with Crippen molar-refractivity contribution in [1.82, 2.24) is 4.90 Å². The zero-order valence-electron chi connectivity index (χ0n) is 8.73. The molecule has 2 atom stereocenters. The normalized spacial score (nSPS) is 33.2. The molecular formula is C12H12ClNOS. The Labute approximate surface area is 104 Å². The Balaban J connectivity index is 2.05. The van der Waals surface area contributed by atoms with E-state index in [1.165, 1.54) is 0 Å². The fourth-order valence-corrected chi connectivity index (χ4v) is 4.50. The van der Waals surface area contributed by atoms with Crippen LogP contribution >= 0.6 is 23.4 Å². The minimum atomic E-state index is -0.403. The summed E-state index contributed by atoms with van der Waals surface area (Å²) in [7, 11) is 0. The Morgan fingerprint density at radius 2 is 2.12 bits per heavy atom. The largest absolute Gasteiger partial charge is 0.320 e. The van der Waals surface area contributed by atoms with Crippen LogP contribution in [-0.4, -0.2) is 28.5 Å². The molecule has 84 valence electrons. The number of benzene rings is 1. The summed E-state index contributed by atoms with van der Waals surface area (Å²) in [5.41, 5.74) is 1.15. The van der Waals surface area contributed by atoms with Crippen LogP contribution in [0.5, 0.6) is 0 Å². The average molecular weight is 254 g/mol. The van der Waals surface area contributed by atoms with Crippen molar-refractivity contribution < 1.29 is 4.79 Å². The van der Waals surface area contributed by atoms with Gasteiger partial charge in [0.1, 0.15) is 10.2 Å². The third-order valence-electron chi connectivity index (χ3n) is 3.26. The van der Waals surface area contributed by atoms with E-state index in [1.54, 1.807) is 11.8 Å². The molecule has 4 heteroatoms. The monoisotopic (exact) mass is 253 g/mol. The van der Waals surface area contributed by atoms with Gasteiger partial charge in [0.2, 0.25) is 5.91 Å². The Kier molecular flexibility index (Phi) is 2.41. The minimum absolute atomic E-state index is 0.0812. The van der Waals surface area contributed by atoms with Gasteiger partial charge in [-0.15, -0.1) is 23.4 Å². The van der Waals surface area contributed by atoms with Crippen molar-refractivity contribution >= 4 is 29.3 Å².